The molecule has 2 aromatic rings. The molecule has 0 radical (unpaired) electrons. The summed E-state index contributed by atoms with van der Waals surface area (Å²) in [6.45, 7) is 4.97. The number of benzene rings is 1. The van der Waals surface area contributed by atoms with Crippen LogP contribution in [0.5, 0.6) is 0 Å². The van der Waals surface area contributed by atoms with Gasteiger partial charge >= 0.3 is 0 Å². The van der Waals surface area contributed by atoms with Gasteiger partial charge in [0.15, 0.2) is 5.69 Å². The number of carbonyl (C=O) groups excluding carboxylic acids is 1. The second kappa shape index (κ2) is 7.45. The maximum atomic E-state index is 12.5. The minimum absolute atomic E-state index is 0.122. The summed E-state index contributed by atoms with van der Waals surface area (Å²) in [5.74, 6) is 1.62. The molecule has 0 spiro atoms. The highest BCUT2D eigenvalue weighted by atomic mass is 32.2. The number of hydrogen-bond acceptors (Lipinski definition) is 5. The highest BCUT2D eigenvalue weighted by Gasteiger charge is 2.33. The fraction of sp³-hybridized carbons (Fsp3) is 0.500. The number of amides is 1. The van der Waals surface area contributed by atoms with E-state index in [0.29, 0.717) is 17.5 Å². The first-order valence-corrected chi connectivity index (χ1v) is 10.5. The van der Waals surface area contributed by atoms with Gasteiger partial charge in [-0.3, -0.25) is 9.69 Å². The first kappa shape index (κ1) is 17.6. The van der Waals surface area contributed by atoms with Crippen molar-refractivity contribution in [1.82, 2.24) is 15.4 Å². The van der Waals surface area contributed by atoms with Crippen LogP contribution in [-0.2, 0) is 6.54 Å². The van der Waals surface area contributed by atoms with E-state index in [2.05, 4.69) is 52.8 Å². The van der Waals surface area contributed by atoms with Crippen LogP contribution in [0.1, 0.15) is 47.5 Å². The third-order valence-electron chi connectivity index (χ3n) is 5.31. The molecule has 1 aliphatic heterocycles. The molecule has 2 fully saturated rings. The molecule has 2 unspecified atom stereocenters. The zero-order chi connectivity index (χ0) is 18.1. The first-order valence-electron chi connectivity index (χ1n) is 9.25. The predicted molar refractivity (Wildman–Crippen MR) is 102 cm³/mol. The van der Waals surface area contributed by atoms with Gasteiger partial charge in [-0.1, -0.05) is 24.2 Å². The van der Waals surface area contributed by atoms with Gasteiger partial charge in [-0.15, -0.1) is 11.8 Å². The Labute approximate surface area is 158 Å². The van der Waals surface area contributed by atoms with Gasteiger partial charge in [0.25, 0.3) is 5.91 Å². The molecule has 2 aliphatic rings. The minimum Gasteiger partial charge on any atom is -0.360 e. The first-order chi connectivity index (χ1) is 12.6. The zero-order valence-electron chi connectivity index (χ0n) is 15.3. The van der Waals surface area contributed by atoms with E-state index >= 15 is 0 Å². The Morgan fingerprint density at radius 3 is 2.77 bits per heavy atom. The van der Waals surface area contributed by atoms with E-state index in [1.54, 1.807) is 17.8 Å². The van der Waals surface area contributed by atoms with E-state index in [0.717, 1.165) is 38.2 Å². The molecular formula is C20H25N3O2S. The lowest BCUT2D eigenvalue weighted by Gasteiger charge is -2.17. The Kier molecular flexibility index (Phi) is 5.05. The molecule has 26 heavy (non-hydrogen) atoms. The second-order valence-corrected chi connectivity index (χ2v) is 8.37. The van der Waals surface area contributed by atoms with Crippen LogP contribution in [0.4, 0.5) is 0 Å². The summed E-state index contributed by atoms with van der Waals surface area (Å²) in [5.41, 5.74) is 1.72. The molecule has 1 saturated heterocycles. The average molecular weight is 372 g/mol. The smallest absolute Gasteiger partial charge is 0.273 e. The van der Waals surface area contributed by atoms with E-state index in [9.17, 15) is 4.79 Å². The normalized spacial score (nSPS) is 23.3. The van der Waals surface area contributed by atoms with Gasteiger partial charge in [-0.25, -0.2) is 0 Å². The van der Waals surface area contributed by atoms with E-state index in [1.807, 2.05) is 0 Å². The highest BCUT2D eigenvalue weighted by molar-refractivity contribution is 7.98. The summed E-state index contributed by atoms with van der Waals surface area (Å²) in [7, 11) is 0. The fourth-order valence-corrected chi connectivity index (χ4v) is 3.98. The molecule has 4 rings (SSSR count). The van der Waals surface area contributed by atoms with E-state index in [4.69, 9.17) is 4.52 Å². The largest absolute Gasteiger partial charge is 0.360 e. The van der Waals surface area contributed by atoms with Crippen molar-refractivity contribution in [2.24, 2.45) is 5.92 Å². The Balaban J connectivity index is 1.33. The van der Waals surface area contributed by atoms with Crippen molar-refractivity contribution in [2.75, 3.05) is 19.3 Å². The molecule has 2 atom stereocenters. The van der Waals surface area contributed by atoms with Crippen molar-refractivity contribution in [3.05, 3.63) is 47.3 Å². The van der Waals surface area contributed by atoms with Crippen molar-refractivity contribution < 1.29 is 9.32 Å². The Morgan fingerprint density at radius 1 is 1.31 bits per heavy atom. The lowest BCUT2D eigenvalue weighted by atomic mass is 10.1. The van der Waals surface area contributed by atoms with Gasteiger partial charge in [0, 0.05) is 42.6 Å². The number of hydrogen-bond donors (Lipinski definition) is 1. The van der Waals surface area contributed by atoms with Crippen molar-refractivity contribution >= 4 is 17.7 Å². The van der Waals surface area contributed by atoms with Crippen molar-refractivity contribution in [3.63, 3.8) is 0 Å². The van der Waals surface area contributed by atoms with Crippen molar-refractivity contribution in [1.29, 1.82) is 0 Å². The summed E-state index contributed by atoms with van der Waals surface area (Å²) in [6.07, 6.45) is 4.37. The predicted octanol–water partition coefficient (Wildman–Crippen LogP) is 3.52. The van der Waals surface area contributed by atoms with E-state index in [1.165, 1.54) is 10.5 Å². The van der Waals surface area contributed by atoms with Gasteiger partial charge < -0.3 is 9.84 Å². The van der Waals surface area contributed by atoms with Crippen LogP contribution >= 0.6 is 11.8 Å². The van der Waals surface area contributed by atoms with Crippen molar-refractivity contribution in [3.8, 4) is 0 Å². The number of rotatable bonds is 6. The third-order valence-corrected chi connectivity index (χ3v) is 6.05. The lowest BCUT2D eigenvalue weighted by Crippen LogP contribution is -2.39. The van der Waals surface area contributed by atoms with Gasteiger partial charge in [-0.05, 0) is 42.7 Å². The maximum Gasteiger partial charge on any atom is 0.273 e. The molecule has 6 heteroatoms. The quantitative estimate of drug-likeness (QED) is 0.787. The van der Waals surface area contributed by atoms with E-state index < -0.39 is 0 Å². The molecule has 1 saturated carbocycles. The lowest BCUT2D eigenvalue weighted by molar-refractivity contribution is 0.0922. The van der Waals surface area contributed by atoms with E-state index in [-0.39, 0.29) is 11.9 Å². The molecular weight excluding hydrogens is 346 g/mol. The molecule has 1 amide bonds. The second-order valence-electron chi connectivity index (χ2n) is 7.49. The molecule has 2 heterocycles. The van der Waals surface area contributed by atoms with Crippen LogP contribution in [0.15, 0.2) is 39.8 Å². The number of aromatic nitrogens is 1. The Hall–Kier alpha value is -1.79. The third kappa shape index (κ3) is 3.96. The summed E-state index contributed by atoms with van der Waals surface area (Å²) >= 11 is 1.76. The minimum atomic E-state index is -0.122. The Morgan fingerprint density at radius 2 is 2.08 bits per heavy atom. The van der Waals surface area contributed by atoms with Crippen LogP contribution in [0.2, 0.25) is 0 Å². The average Bonchev–Trinajstić information content (AvgIpc) is 3.27. The maximum absolute atomic E-state index is 12.5. The molecule has 0 bridgehead atoms. The van der Waals surface area contributed by atoms with Gasteiger partial charge in [0.05, 0.1) is 0 Å². The Bertz CT molecular complexity index is 770. The van der Waals surface area contributed by atoms with Crippen LogP contribution in [0.25, 0.3) is 0 Å². The summed E-state index contributed by atoms with van der Waals surface area (Å²) < 4.78 is 5.30. The summed E-state index contributed by atoms with van der Waals surface area (Å²) in [5, 5.41) is 7.09. The molecule has 138 valence electrons. The number of thioether (sulfide) groups is 1. The highest BCUT2D eigenvalue weighted by Crippen LogP contribution is 2.40. The van der Waals surface area contributed by atoms with Gasteiger partial charge in [0.1, 0.15) is 5.76 Å². The molecule has 1 aromatic heterocycles. The molecule has 1 aliphatic carbocycles. The number of carbonyl (C=O) groups is 1. The number of likely N-dealkylation sites (tertiary alicyclic amines) is 1. The van der Waals surface area contributed by atoms with Crippen LogP contribution in [0.3, 0.4) is 0 Å². The van der Waals surface area contributed by atoms with Gasteiger partial charge in [0.2, 0.25) is 0 Å². The van der Waals surface area contributed by atoms with Gasteiger partial charge in [-0.2, -0.15) is 0 Å². The topological polar surface area (TPSA) is 58.4 Å². The number of nitrogens with zero attached hydrogens (tertiary/aromatic N) is 2. The summed E-state index contributed by atoms with van der Waals surface area (Å²) in [4.78, 5) is 16.2. The standard InChI is InChI=1S/C20H25N3O2S/c1-13-10-23(11-14-3-7-16(26-2)8-4-14)12-18(13)21-20(24)17-9-19(25-22-17)15-5-6-15/h3-4,7-9,13,15,18H,5-6,10-12H2,1-2H3,(H,21,24). The summed E-state index contributed by atoms with van der Waals surface area (Å²) in [6, 6.07) is 10.7. The monoisotopic (exact) mass is 371 g/mol. The molecule has 1 aromatic carbocycles. The molecule has 1 N–H and O–H groups in total. The van der Waals surface area contributed by atoms with Crippen LogP contribution in [-0.4, -0.2) is 41.4 Å². The van der Waals surface area contributed by atoms with Crippen molar-refractivity contribution in [2.45, 2.75) is 43.2 Å². The molecule has 5 nitrogen and oxygen atoms in total. The number of nitrogens with one attached hydrogen (secondary N) is 1. The van der Waals surface area contributed by atoms with Crippen LogP contribution < -0.4 is 5.32 Å². The fourth-order valence-electron chi connectivity index (χ4n) is 3.57. The SMILES string of the molecule is CSc1ccc(CN2CC(C)C(NC(=O)c3cc(C4CC4)on3)C2)cc1. The van der Waals surface area contributed by atoms with Crippen LogP contribution in [0, 0.1) is 5.92 Å². The zero-order valence-corrected chi connectivity index (χ0v) is 16.1.